The van der Waals surface area contributed by atoms with Crippen LogP contribution in [0, 0.1) is 5.92 Å². The molecule has 4 N–H and O–H groups in total. The summed E-state index contributed by atoms with van der Waals surface area (Å²) in [6.07, 6.45) is 1.91. The fourth-order valence-electron chi connectivity index (χ4n) is 3.64. The van der Waals surface area contributed by atoms with Crippen LogP contribution in [-0.4, -0.2) is 42.5 Å². The number of likely N-dealkylation sites (tertiary alicyclic amines) is 1. The highest BCUT2D eigenvalue weighted by molar-refractivity contribution is 5.82. The maximum absolute atomic E-state index is 12.7. The molecule has 2 fully saturated rings. The predicted molar refractivity (Wildman–Crippen MR) is 87.1 cm³/mol. The molecule has 1 aromatic rings. The molecule has 0 radical (unpaired) electrons. The normalized spacial score (nSPS) is 31.6. The Labute approximate surface area is 132 Å². The average Bonchev–Trinajstić information content (AvgIpc) is 3.21. The number of nitrogens with two attached hydrogens (primary N) is 1. The molecule has 120 valence electrons. The molecule has 1 aromatic carbocycles. The molecule has 2 saturated heterocycles. The van der Waals surface area contributed by atoms with Gasteiger partial charge in [-0.15, -0.1) is 0 Å². The van der Waals surface area contributed by atoms with Crippen molar-refractivity contribution < 1.29 is 4.79 Å². The Kier molecular flexibility index (Phi) is 4.76. The molecule has 3 rings (SSSR count). The SMILES string of the molecule is CCC1CC(C(=O)N2C[C@@H](CN)[C@H](c3ccccc3)C2)NN1. The number of benzene rings is 1. The molecule has 5 heteroatoms. The largest absolute Gasteiger partial charge is 0.340 e. The summed E-state index contributed by atoms with van der Waals surface area (Å²) in [7, 11) is 0. The third-order valence-electron chi connectivity index (χ3n) is 5.06. The van der Waals surface area contributed by atoms with Crippen LogP contribution in [0.5, 0.6) is 0 Å². The first-order chi connectivity index (χ1) is 10.7. The monoisotopic (exact) mass is 302 g/mol. The third-order valence-corrected chi connectivity index (χ3v) is 5.06. The van der Waals surface area contributed by atoms with Gasteiger partial charge in [-0.2, -0.15) is 0 Å². The summed E-state index contributed by atoms with van der Waals surface area (Å²) in [5.41, 5.74) is 13.6. The molecule has 0 spiro atoms. The molecule has 1 amide bonds. The highest BCUT2D eigenvalue weighted by Crippen LogP contribution is 2.32. The fraction of sp³-hybridized carbons (Fsp3) is 0.588. The molecule has 0 bridgehead atoms. The number of carbonyl (C=O) groups is 1. The van der Waals surface area contributed by atoms with Crippen LogP contribution in [-0.2, 0) is 4.79 Å². The first-order valence-electron chi connectivity index (χ1n) is 8.27. The molecule has 22 heavy (non-hydrogen) atoms. The second-order valence-corrected chi connectivity index (χ2v) is 6.44. The summed E-state index contributed by atoms with van der Waals surface area (Å²) >= 11 is 0. The summed E-state index contributed by atoms with van der Waals surface area (Å²) in [5, 5.41) is 0. The average molecular weight is 302 g/mol. The lowest BCUT2D eigenvalue weighted by Gasteiger charge is -2.20. The van der Waals surface area contributed by atoms with E-state index in [1.807, 2.05) is 11.0 Å². The van der Waals surface area contributed by atoms with Gasteiger partial charge in [0.05, 0.1) is 0 Å². The Morgan fingerprint density at radius 1 is 1.27 bits per heavy atom. The van der Waals surface area contributed by atoms with E-state index >= 15 is 0 Å². The van der Waals surface area contributed by atoms with Gasteiger partial charge >= 0.3 is 0 Å². The van der Waals surface area contributed by atoms with Crippen molar-refractivity contribution in [3.63, 3.8) is 0 Å². The van der Waals surface area contributed by atoms with Crippen molar-refractivity contribution >= 4 is 5.91 Å². The highest BCUT2D eigenvalue weighted by Gasteiger charge is 2.39. The number of hydrogen-bond donors (Lipinski definition) is 3. The van der Waals surface area contributed by atoms with Crippen LogP contribution in [0.4, 0.5) is 0 Å². The summed E-state index contributed by atoms with van der Waals surface area (Å²) in [6, 6.07) is 10.7. The van der Waals surface area contributed by atoms with Crippen LogP contribution >= 0.6 is 0 Å². The predicted octanol–water partition coefficient (Wildman–Crippen LogP) is 0.832. The Balaban J connectivity index is 1.68. The van der Waals surface area contributed by atoms with Gasteiger partial charge in [-0.3, -0.25) is 10.2 Å². The second-order valence-electron chi connectivity index (χ2n) is 6.44. The van der Waals surface area contributed by atoms with Crippen molar-refractivity contribution in [2.24, 2.45) is 11.7 Å². The van der Waals surface area contributed by atoms with E-state index in [1.54, 1.807) is 0 Å². The zero-order chi connectivity index (χ0) is 15.5. The van der Waals surface area contributed by atoms with Crippen molar-refractivity contribution in [1.29, 1.82) is 0 Å². The third kappa shape index (κ3) is 3.02. The van der Waals surface area contributed by atoms with Crippen molar-refractivity contribution in [3.8, 4) is 0 Å². The number of amides is 1. The smallest absolute Gasteiger partial charge is 0.241 e. The van der Waals surface area contributed by atoms with Gasteiger partial charge in [-0.25, -0.2) is 5.43 Å². The van der Waals surface area contributed by atoms with Gasteiger partial charge in [0.2, 0.25) is 5.91 Å². The molecule has 0 aliphatic carbocycles. The number of hydrogen-bond acceptors (Lipinski definition) is 4. The molecule has 0 aromatic heterocycles. The summed E-state index contributed by atoms with van der Waals surface area (Å²) in [5.74, 6) is 0.912. The van der Waals surface area contributed by atoms with E-state index in [1.165, 1.54) is 5.56 Å². The van der Waals surface area contributed by atoms with Crippen LogP contribution in [0.1, 0.15) is 31.2 Å². The van der Waals surface area contributed by atoms with Gasteiger partial charge in [0.25, 0.3) is 0 Å². The van der Waals surface area contributed by atoms with Crippen molar-refractivity contribution in [1.82, 2.24) is 15.8 Å². The number of carbonyl (C=O) groups excluding carboxylic acids is 1. The number of nitrogens with one attached hydrogen (secondary N) is 2. The molecule has 0 saturated carbocycles. The molecule has 5 nitrogen and oxygen atoms in total. The van der Waals surface area contributed by atoms with Crippen LogP contribution < -0.4 is 16.6 Å². The Morgan fingerprint density at radius 3 is 2.68 bits per heavy atom. The minimum Gasteiger partial charge on any atom is -0.340 e. The number of hydrazine groups is 1. The quantitative estimate of drug-likeness (QED) is 0.770. The van der Waals surface area contributed by atoms with Crippen LogP contribution in [0.15, 0.2) is 30.3 Å². The topological polar surface area (TPSA) is 70.4 Å². The molecule has 4 atom stereocenters. The van der Waals surface area contributed by atoms with E-state index in [9.17, 15) is 4.79 Å². The van der Waals surface area contributed by atoms with Crippen molar-refractivity contribution in [3.05, 3.63) is 35.9 Å². The summed E-state index contributed by atoms with van der Waals surface area (Å²) in [4.78, 5) is 14.7. The first-order valence-corrected chi connectivity index (χ1v) is 8.27. The van der Waals surface area contributed by atoms with Crippen molar-refractivity contribution in [2.45, 2.75) is 37.8 Å². The first kappa shape index (κ1) is 15.5. The summed E-state index contributed by atoms with van der Waals surface area (Å²) in [6.45, 7) is 4.30. The van der Waals surface area contributed by atoms with E-state index < -0.39 is 0 Å². The van der Waals surface area contributed by atoms with Gasteiger partial charge < -0.3 is 10.6 Å². The Morgan fingerprint density at radius 2 is 2.05 bits per heavy atom. The minimum atomic E-state index is -0.0992. The maximum Gasteiger partial charge on any atom is 0.241 e. The lowest BCUT2D eigenvalue weighted by Crippen LogP contribution is -2.45. The van der Waals surface area contributed by atoms with E-state index in [0.717, 1.165) is 25.9 Å². The van der Waals surface area contributed by atoms with E-state index in [-0.39, 0.29) is 11.9 Å². The van der Waals surface area contributed by atoms with Crippen molar-refractivity contribution in [2.75, 3.05) is 19.6 Å². The second kappa shape index (κ2) is 6.77. The minimum absolute atomic E-state index is 0.0992. The van der Waals surface area contributed by atoms with Gasteiger partial charge in [-0.1, -0.05) is 37.3 Å². The van der Waals surface area contributed by atoms with E-state index in [2.05, 4.69) is 42.0 Å². The maximum atomic E-state index is 12.7. The highest BCUT2D eigenvalue weighted by atomic mass is 16.2. The van der Waals surface area contributed by atoms with Gasteiger partial charge in [0.1, 0.15) is 6.04 Å². The zero-order valence-corrected chi connectivity index (χ0v) is 13.2. The lowest BCUT2D eigenvalue weighted by atomic mass is 9.89. The summed E-state index contributed by atoms with van der Waals surface area (Å²) < 4.78 is 0. The molecule has 2 aliphatic rings. The van der Waals surface area contributed by atoms with Gasteiger partial charge in [0, 0.05) is 25.0 Å². The Hall–Kier alpha value is -1.43. The van der Waals surface area contributed by atoms with Crippen LogP contribution in [0.3, 0.4) is 0 Å². The standard InChI is InChI=1S/C17H26N4O/c1-2-14-8-16(20-19-14)17(22)21-10-13(9-18)15(11-21)12-6-4-3-5-7-12/h3-7,13-16,19-20H,2,8-11,18H2,1H3/t13-,14?,15+,16?/m1/s1. The molecule has 2 aliphatic heterocycles. The molecule has 2 heterocycles. The van der Waals surface area contributed by atoms with E-state index in [4.69, 9.17) is 5.73 Å². The van der Waals surface area contributed by atoms with Crippen LogP contribution in [0.2, 0.25) is 0 Å². The Bertz CT molecular complexity index is 507. The molecule has 2 unspecified atom stereocenters. The van der Waals surface area contributed by atoms with Gasteiger partial charge in [0.15, 0.2) is 0 Å². The fourth-order valence-corrected chi connectivity index (χ4v) is 3.64. The number of rotatable bonds is 4. The molecular weight excluding hydrogens is 276 g/mol. The van der Waals surface area contributed by atoms with Crippen LogP contribution in [0.25, 0.3) is 0 Å². The zero-order valence-electron chi connectivity index (χ0n) is 13.2. The lowest BCUT2D eigenvalue weighted by molar-refractivity contribution is -0.132. The van der Waals surface area contributed by atoms with Gasteiger partial charge in [-0.05, 0) is 30.9 Å². The van der Waals surface area contributed by atoms with E-state index in [0.29, 0.717) is 24.4 Å². The number of nitrogens with zero attached hydrogens (tertiary/aromatic N) is 1. The molecular formula is C17H26N4O.